The van der Waals surface area contributed by atoms with Gasteiger partial charge in [0.15, 0.2) is 0 Å². The molecule has 1 aromatic rings. The third kappa shape index (κ3) is 3.75. The Morgan fingerprint density at radius 1 is 1.37 bits per heavy atom. The van der Waals surface area contributed by atoms with Gasteiger partial charge in [-0.1, -0.05) is 20.8 Å². The van der Waals surface area contributed by atoms with Gasteiger partial charge in [0.2, 0.25) is 5.91 Å². The maximum absolute atomic E-state index is 13.1. The highest BCUT2D eigenvalue weighted by molar-refractivity contribution is 6.02. The number of halogens is 1. The molecule has 4 N–H and O–H groups in total. The summed E-state index contributed by atoms with van der Waals surface area (Å²) in [4.78, 5) is 22.9. The molecule has 0 aliphatic heterocycles. The molecule has 0 heterocycles. The lowest BCUT2D eigenvalue weighted by Gasteiger charge is -2.26. The van der Waals surface area contributed by atoms with Gasteiger partial charge in [0, 0.05) is 0 Å². The van der Waals surface area contributed by atoms with E-state index in [9.17, 15) is 14.0 Å². The van der Waals surface area contributed by atoms with Crippen LogP contribution in [0.4, 0.5) is 10.1 Å². The van der Waals surface area contributed by atoms with Crippen molar-refractivity contribution in [1.82, 2.24) is 0 Å². The number of anilines is 1. The SMILES string of the molecule is CC(C)(C)[C@H](N)C(=O)Nc1cc(F)ccc1C(=O)O. The Morgan fingerprint density at radius 3 is 2.42 bits per heavy atom. The third-order valence-corrected chi connectivity index (χ3v) is 2.69. The first kappa shape index (κ1) is 15.1. The third-order valence-electron chi connectivity index (χ3n) is 2.69. The van der Waals surface area contributed by atoms with E-state index in [1.807, 2.05) is 0 Å². The van der Waals surface area contributed by atoms with E-state index in [0.29, 0.717) is 0 Å². The summed E-state index contributed by atoms with van der Waals surface area (Å²) in [7, 11) is 0. The van der Waals surface area contributed by atoms with Crippen molar-refractivity contribution < 1.29 is 19.1 Å². The lowest BCUT2D eigenvalue weighted by atomic mass is 9.87. The van der Waals surface area contributed by atoms with Crippen molar-refractivity contribution in [2.75, 3.05) is 5.32 Å². The quantitative estimate of drug-likeness (QED) is 0.779. The van der Waals surface area contributed by atoms with Crippen LogP contribution in [0.25, 0.3) is 0 Å². The van der Waals surface area contributed by atoms with Crippen molar-refractivity contribution in [2.45, 2.75) is 26.8 Å². The first-order valence-electron chi connectivity index (χ1n) is 5.72. The van der Waals surface area contributed by atoms with Crippen LogP contribution in [0, 0.1) is 11.2 Å². The van der Waals surface area contributed by atoms with Gasteiger partial charge >= 0.3 is 5.97 Å². The number of carbonyl (C=O) groups excluding carboxylic acids is 1. The molecule has 0 aliphatic rings. The monoisotopic (exact) mass is 268 g/mol. The molecule has 6 heteroatoms. The van der Waals surface area contributed by atoms with Crippen molar-refractivity contribution >= 4 is 17.6 Å². The number of nitrogens with one attached hydrogen (secondary N) is 1. The van der Waals surface area contributed by atoms with Gasteiger partial charge in [-0.15, -0.1) is 0 Å². The number of amides is 1. The Morgan fingerprint density at radius 2 is 1.95 bits per heavy atom. The van der Waals surface area contributed by atoms with Gasteiger partial charge in [0.05, 0.1) is 17.3 Å². The van der Waals surface area contributed by atoms with Gasteiger partial charge in [0.25, 0.3) is 0 Å². The van der Waals surface area contributed by atoms with Crippen LogP contribution in [0.3, 0.4) is 0 Å². The molecule has 1 aromatic carbocycles. The van der Waals surface area contributed by atoms with E-state index in [0.717, 1.165) is 18.2 Å². The highest BCUT2D eigenvalue weighted by atomic mass is 19.1. The lowest BCUT2D eigenvalue weighted by molar-refractivity contribution is -0.119. The Balaban J connectivity index is 3.02. The molecule has 19 heavy (non-hydrogen) atoms. The normalized spacial score (nSPS) is 12.9. The molecule has 1 atom stereocenters. The molecular formula is C13H17FN2O3. The van der Waals surface area contributed by atoms with Gasteiger partial charge < -0.3 is 16.2 Å². The molecule has 0 radical (unpaired) electrons. The van der Waals surface area contributed by atoms with Crippen LogP contribution >= 0.6 is 0 Å². The number of hydrogen-bond acceptors (Lipinski definition) is 3. The largest absolute Gasteiger partial charge is 0.478 e. The van der Waals surface area contributed by atoms with E-state index < -0.39 is 29.2 Å². The Bertz CT molecular complexity index is 509. The zero-order chi connectivity index (χ0) is 14.8. The molecule has 0 saturated heterocycles. The second-order valence-electron chi connectivity index (χ2n) is 5.33. The average Bonchev–Trinajstić information content (AvgIpc) is 2.26. The van der Waals surface area contributed by atoms with E-state index in [4.69, 9.17) is 10.8 Å². The topological polar surface area (TPSA) is 92.4 Å². The van der Waals surface area contributed by atoms with E-state index in [1.165, 1.54) is 0 Å². The maximum Gasteiger partial charge on any atom is 0.337 e. The minimum absolute atomic E-state index is 0.0998. The van der Waals surface area contributed by atoms with E-state index in [1.54, 1.807) is 20.8 Å². The number of carbonyl (C=O) groups is 2. The fourth-order valence-electron chi connectivity index (χ4n) is 1.41. The molecule has 0 bridgehead atoms. The second-order valence-corrected chi connectivity index (χ2v) is 5.33. The van der Waals surface area contributed by atoms with Crippen LogP contribution in [-0.4, -0.2) is 23.0 Å². The average molecular weight is 268 g/mol. The number of carboxylic acid groups (broad SMARTS) is 1. The minimum Gasteiger partial charge on any atom is -0.478 e. The summed E-state index contributed by atoms with van der Waals surface area (Å²) in [6.45, 7) is 5.34. The number of rotatable bonds is 3. The van der Waals surface area contributed by atoms with Crippen molar-refractivity contribution in [3.8, 4) is 0 Å². The highest BCUT2D eigenvalue weighted by Crippen LogP contribution is 2.21. The van der Waals surface area contributed by atoms with Crippen LogP contribution in [-0.2, 0) is 4.79 Å². The van der Waals surface area contributed by atoms with Crippen LogP contribution in [0.5, 0.6) is 0 Å². The minimum atomic E-state index is -1.25. The number of hydrogen-bond donors (Lipinski definition) is 3. The zero-order valence-electron chi connectivity index (χ0n) is 11.0. The lowest BCUT2D eigenvalue weighted by Crippen LogP contribution is -2.45. The first-order valence-corrected chi connectivity index (χ1v) is 5.72. The van der Waals surface area contributed by atoms with Gasteiger partial charge in [-0.3, -0.25) is 4.79 Å². The van der Waals surface area contributed by atoms with Gasteiger partial charge in [-0.2, -0.15) is 0 Å². The molecule has 104 valence electrons. The van der Waals surface area contributed by atoms with E-state index >= 15 is 0 Å². The summed E-state index contributed by atoms with van der Waals surface area (Å²) < 4.78 is 13.1. The van der Waals surface area contributed by atoms with E-state index in [2.05, 4.69) is 5.32 Å². The standard InChI is InChI=1S/C13H17FN2O3/c1-13(2,3)10(15)11(17)16-9-6-7(14)4-5-8(9)12(18)19/h4-6,10H,15H2,1-3H3,(H,16,17)(H,18,19)/t10-/m1/s1. The summed E-state index contributed by atoms with van der Waals surface area (Å²) in [6, 6.07) is 2.23. The molecule has 0 aromatic heterocycles. The van der Waals surface area contributed by atoms with Gasteiger partial charge in [-0.05, 0) is 23.6 Å². The predicted octanol–water partition coefficient (Wildman–Crippen LogP) is 1.84. The zero-order valence-corrected chi connectivity index (χ0v) is 11.0. The molecule has 0 unspecified atom stereocenters. The summed E-state index contributed by atoms with van der Waals surface area (Å²) in [5.41, 5.74) is 4.98. The summed E-state index contributed by atoms with van der Waals surface area (Å²) in [5.74, 6) is -2.44. The predicted molar refractivity (Wildman–Crippen MR) is 69.4 cm³/mol. The smallest absolute Gasteiger partial charge is 0.337 e. The van der Waals surface area contributed by atoms with Crippen molar-refractivity contribution in [1.29, 1.82) is 0 Å². The fourth-order valence-corrected chi connectivity index (χ4v) is 1.41. The summed E-state index contributed by atoms with van der Waals surface area (Å²) in [5, 5.41) is 11.3. The molecule has 0 saturated carbocycles. The highest BCUT2D eigenvalue weighted by Gasteiger charge is 2.28. The number of aromatic carboxylic acids is 1. The molecular weight excluding hydrogens is 251 g/mol. The molecule has 0 aliphatic carbocycles. The molecule has 0 fully saturated rings. The van der Waals surface area contributed by atoms with E-state index in [-0.39, 0.29) is 11.3 Å². The Hall–Kier alpha value is -1.95. The van der Waals surface area contributed by atoms with Crippen LogP contribution in [0.2, 0.25) is 0 Å². The summed E-state index contributed by atoms with van der Waals surface area (Å²) in [6.07, 6.45) is 0. The summed E-state index contributed by atoms with van der Waals surface area (Å²) >= 11 is 0. The first-order chi connectivity index (χ1) is 8.62. The second kappa shape index (κ2) is 5.36. The van der Waals surface area contributed by atoms with Gasteiger partial charge in [-0.25, -0.2) is 9.18 Å². The van der Waals surface area contributed by atoms with Crippen LogP contribution in [0.15, 0.2) is 18.2 Å². The Kier molecular flexibility index (Phi) is 4.26. The molecule has 1 rings (SSSR count). The van der Waals surface area contributed by atoms with Crippen molar-refractivity contribution in [3.05, 3.63) is 29.6 Å². The fraction of sp³-hybridized carbons (Fsp3) is 0.385. The van der Waals surface area contributed by atoms with Crippen molar-refractivity contribution in [2.24, 2.45) is 11.1 Å². The number of nitrogens with two attached hydrogens (primary N) is 1. The molecule has 0 spiro atoms. The number of carboxylic acids is 1. The molecule has 5 nitrogen and oxygen atoms in total. The van der Waals surface area contributed by atoms with Crippen LogP contribution in [0.1, 0.15) is 31.1 Å². The Labute approximate surface area is 110 Å². The maximum atomic E-state index is 13.1. The van der Waals surface area contributed by atoms with Gasteiger partial charge in [0.1, 0.15) is 5.82 Å². The molecule has 1 amide bonds. The van der Waals surface area contributed by atoms with Crippen molar-refractivity contribution in [3.63, 3.8) is 0 Å². The van der Waals surface area contributed by atoms with Crippen LogP contribution < -0.4 is 11.1 Å². The number of benzene rings is 1.